The summed E-state index contributed by atoms with van der Waals surface area (Å²) in [6.45, 7) is 1.70. The van der Waals surface area contributed by atoms with Crippen LogP contribution in [0.5, 0.6) is 0 Å². The fourth-order valence-electron chi connectivity index (χ4n) is 1.31. The topological polar surface area (TPSA) is 47.4 Å². The van der Waals surface area contributed by atoms with Crippen molar-refractivity contribution in [1.29, 1.82) is 0 Å². The Labute approximate surface area is 75.9 Å². The van der Waals surface area contributed by atoms with Gasteiger partial charge in [-0.05, 0) is 0 Å². The number of imidazole rings is 1. The Morgan fingerprint density at radius 2 is 2.54 bits per heavy atom. The van der Waals surface area contributed by atoms with E-state index in [4.69, 9.17) is 4.74 Å². The normalized spacial score (nSPS) is 16.4. The highest BCUT2D eigenvalue weighted by Gasteiger charge is 2.22. The number of nitrogens with zero attached hydrogens (tertiary/aromatic N) is 3. The molecule has 1 amide bonds. The highest BCUT2D eigenvalue weighted by molar-refractivity contribution is 5.69. The zero-order valence-corrected chi connectivity index (χ0v) is 7.43. The predicted molar refractivity (Wildman–Crippen MR) is 45.0 cm³/mol. The number of carbonyl (C=O) groups is 1. The van der Waals surface area contributed by atoms with Crippen molar-refractivity contribution in [1.82, 2.24) is 14.5 Å². The zero-order chi connectivity index (χ0) is 9.26. The van der Waals surface area contributed by atoms with Crippen LogP contribution in [0.1, 0.15) is 5.69 Å². The van der Waals surface area contributed by atoms with Crippen molar-refractivity contribution >= 4 is 6.09 Å². The molecule has 0 spiro atoms. The van der Waals surface area contributed by atoms with E-state index in [9.17, 15) is 4.79 Å². The molecule has 0 saturated carbocycles. The molecule has 5 heteroatoms. The summed E-state index contributed by atoms with van der Waals surface area (Å²) in [5, 5.41) is 0. The third-order valence-corrected chi connectivity index (χ3v) is 1.96. The van der Waals surface area contributed by atoms with Gasteiger partial charge in [0.1, 0.15) is 6.61 Å². The fourth-order valence-corrected chi connectivity index (χ4v) is 1.31. The average Bonchev–Trinajstić information content (AvgIpc) is 2.64. The molecule has 0 atom stereocenters. The fraction of sp³-hybridized carbons (Fsp3) is 0.500. The molecule has 0 bridgehead atoms. The number of rotatable bonds is 2. The van der Waals surface area contributed by atoms with Crippen molar-refractivity contribution in [2.45, 2.75) is 6.54 Å². The zero-order valence-electron chi connectivity index (χ0n) is 7.43. The third kappa shape index (κ3) is 1.63. The molecule has 1 aliphatic rings. The summed E-state index contributed by atoms with van der Waals surface area (Å²) in [5.74, 6) is 0. The molecule has 0 aromatic carbocycles. The van der Waals surface area contributed by atoms with Gasteiger partial charge in [-0.1, -0.05) is 0 Å². The maximum atomic E-state index is 11.1. The van der Waals surface area contributed by atoms with Crippen molar-refractivity contribution in [3.8, 4) is 0 Å². The summed E-state index contributed by atoms with van der Waals surface area (Å²) in [6, 6.07) is 0. The molecule has 1 aromatic rings. The van der Waals surface area contributed by atoms with Crippen LogP contribution < -0.4 is 0 Å². The first-order valence-electron chi connectivity index (χ1n) is 4.14. The van der Waals surface area contributed by atoms with Crippen LogP contribution in [0.2, 0.25) is 0 Å². The number of amides is 1. The lowest BCUT2D eigenvalue weighted by atomic mass is 10.4. The predicted octanol–water partition coefficient (Wildman–Crippen LogP) is 0.372. The molecule has 0 aliphatic carbocycles. The second kappa shape index (κ2) is 3.08. The van der Waals surface area contributed by atoms with Gasteiger partial charge in [0, 0.05) is 13.2 Å². The van der Waals surface area contributed by atoms with Crippen LogP contribution in [0.4, 0.5) is 4.79 Å². The summed E-state index contributed by atoms with van der Waals surface area (Å²) in [6.07, 6.45) is 3.37. The van der Waals surface area contributed by atoms with E-state index < -0.39 is 0 Å². The Bertz CT molecular complexity index is 321. The van der Waals surface area contributed by atoms with Gasteiger partial charge in [-0.15, -0.1) is 0 Å². The van der Waals surface area contributed by atoms with Crippen LogP contribution in [0.3, 0.4) is 0 Å². The molecule has 0 radical (unpaired) electrons. The molecular formula is C8H11N3O2. The lowest BCUT2D eigenvalue weighted by molar-refractivity contribution is 0.157. The minimum Gasteiger partial charge on any atom is -0.448 e. The number of ether oxygens (including phenoxy) is 1. The molecule has 5 nitrogen and oxygen atoms in total. The van der Waals surface area contributed by atoms with Crippen LogP contribution in [0.25, 0.3) is 0 Å². The Hall–Kier alpha value is -1.52. The highest BCUT2D eigenvalue weighted by atomic mass is 16.6. The number of aryl methyl sites for hydroxylation is 1. The standard InChI is InChI=1S/C8H11N3O2/c1-10-4-7(9-6-10)5-11-2-3-13-8(11)12/h4,6H,2-3,5H2,1H3. The number of hydrogen-bond donors (Lipinski definition) is 0. The maximum absolute atomic E-state index is 11.1. The lowest BCUT2D eigenvalue weighted by Crippen LogP contribution is -2.23. The van der Waals surface area contributed by atoms with E-state index >= 15 is 0 Å². The van der Waals surface area contributed by atoms with Crippen molar-refractivity contribution < 1.29 is 9.53 Å². The second-order valence-corrected chi connectivity index (χ2v) is 3.07. The molecular weight excluding hydrogens is 170 g/mol. The molecule has 1 aromatic heterocycles. The molecule has 70 valence electrons. The summed E-state index contributed by atoms with van der Waals surface area (Å²) in [5.41, 5.74) is 0.890. The SMILES string of the molecule is Cn1cnc(CN2CCOC2=O)c1. The Kier molecular flexibility index (Phi) is 1.92. The quantitative estimate of drug-likeness (QED) is 0.662. The lowest BCUT2D eigenvalue weighted by Gasteiger charge is -2.09. The van der Waals surface area contributed by atoms with Gasteiger partial charge in [-0.3, -0.25) is 4.90 Å². The molecule has 1 aliphatic heterocycles. The summed E-state index contributed by atoms with van der Waals surface area (Å²) >= 11 is 0. The van der Waals surface area contributed by atoms with Crippen molar-refractivity contribution in [2.24, 2.45) is 7.05 Å². The Morgan fingerprint density at radius 3 is 3.08 bits per heavy atom. The third-order valence-electron chi connectivity index (χ3n) is 1.96. The van der Waals surface area contributed by atoms with E-state index in [0.29, 0.717) is 19.7 Å². The number of aromatic nitrogens is 2. The molecule has 1 fully saturated rings. The molecule has 2 heterocycles. The first kappa shape index (κ1) is 8.10. The van der Waals surface area contributed by atoms with Gasteiger partial charge in [-0.25, -0.2) is 9.78 Å². The van der Waals surface area contributed by atoms with E-state index in [1.54, 1.807) is 11.2 Å². The first-order valence-corrected chi connectivity index (χ1v) is 4.14. The Morgan fingerprint density at radius 1 is 1.69 bits per heavy atom. The maximum Gasteiger partial charge on any atom is 0.410 e. The van der Waals surface area contributed by atoms with Gasteiger partial charge in [0.15, 0.2) is 0 Å². The van der Waals surface area contributed by atoms with Gasteiger partial charge >= 0.3 is 6.09 Å². The number of hydrogen-bond acceptors (Lipinski definition) is 3. The minimum atomic E-state index is -0.245. The summed E-state index contributed by atoms with van der Waals surface area (Å²) in [7, 11) is 1.90. The monoisotopic (exact) mass is 181 g/mol. The van der Waals surface area contributed by atoms with Crippen molar-refractivity contribution in [3.05, 3.63) is 18.2 Å². The van der Waals surface area contributed by atoms with Crippen LogP contribution in [0, 0.1) is 0 Å². The van der Waals surface area contributed by atoms with Gasteiger partial charge < -0.3 is 9.30 Å². The van der Waals surface area contributed by atoms with Gasteiger partial charge in [0.05, 0.1) is 25.1 Å². The molecule has 0 unspecified atom stereocenters. The van der Waals surface area contributed by atoms with Crippen LogP contribution in [-0.4, -0.2) is 33.7 Å². The van der Waals surface area contributed by atoms with Crippen LogP contribution in [-0.2, 0) is 18.3 Å². The summed E-state index contributed by atoms with van der Waals surface area (Å²) < 4.78 is 6.65. The highest BCUT2D eigenvalue weighted by Crippen LogP contribution is 2.07. The van der Waals surface area contributed by atoms with Gasteiger partial charge in [-0.2, -0.15) is 0 Å². The number of cyclic esters (lactones) is 1. The van der Waals surface area contributed by atoms with Crippen LogP contribution in [0.15, 0.2) is 12.5 Å². The van der Waals surface area contributed by atoms with Crippen LogP contribution >= 0.6 is 0 Å². The Balaban J connectivity index is 2.01. The van der Waals surface area contributed by atoms with Gasteiger partial charge in [0.2, 0.25) is 0 Å². The minimum absolute atomic E-state index is 0.245. The van der Waals surface area contributed by atoms with Crippen molar-refractivity contribution in [2.75, 3.05) is 13.2 Å². The molecule has 13 heavy (non-hydrogen) atoms. The van der Waals surface area contributed by atoms with E-state index in [1.165, 1.54) is 0 Å². The largest absolute Gasteiger partial charge is 0.448 e. The van der Waals surface area contributed by atoms with E-state index in [-0.39, 0.29) is 6.09 Å². The van der Waals surface area contributed by atoms with E-state index in [0.717, 1.165) is 5.69 Å². The molecule has 0 N–H and O–H groups in total. The molecule has 2 rings (SSSR count). The van der Waals surface area contributed by atoms with Crippen molar-refractivity contribution in [3.63, 3.8) is 0 Å². The first-order chi connectivity index (χ1) is 6.25. The van der Waals surface area contributed by atoms with E-state index in [1.807, 2.05) is 17.8 Å². The smallest absolute Gasteiger partial charge is 0.410 e. The van der Waals surface area contributed by atoms with Gasteiger partial charge in [0.25, 0.3) is 0 Å². The summed E-state index contributed by atoms with van der Waals surface area (Å²) in [4.78, 5) is 16.8. The number of carbonyl (C=O) groups excluding carboxylic acids is 1. The van der Waals surface area contributed by atoms with E-state index in [2.05, 4.69) is 4.98 Å². The molecule has 1 saturated heterocycles. The second-order valence-electron chi connectivity index (χ2n) is 3.07. The average molecular weight is 181 g/mol.